The highest BCUT2D eigenvalue weighted by atomic mass is 35.5. The van der Waals surface area contributed by atoms with Crippen LogP contribution in [0.4, 0.5) is 4.39 Å². The van der Waals surface area contributed by atoms with Crippen LogP contribution in [0.2, 0.25) is 0 Å². The van der Waals surface area contributed by atoms with E-state index in [-0.39, 0.29) is 19.0 Å². The molecule has 2 rings (SSSR count). The predicted molar refractivity (Wildman–Crippen MR) is 86.2 cm³/mol. The van der Waals surface area contributed by atoms with E-state index in [9.17, 15) is 9.18 Å². The predicted octanol–water partition coefficient (Wildman–Crippen LogP) is 3.17. The molecule has 4 nitrogen and oxygen atoms in total. The van der Waals surface area contributed by atoms with Gasteiger partial charge in [0.05, 0.1) is 19.8 Å². The Balaban J connectivity index is 0.00000242. The molecule has 0 amide bonds. The van der Waals surface area contributed by atoms with Gasteiger partial charge in [-0.3, -0.25) is 0 Å². The Morgan fingerprint density at radius 1 is 1.23 bits per heavy atom. The maximum absolute atomic E-state index is 14.0. The fourth-order valence-corrected chi connectivity index (χ4v) is 2.11. The van der Waals surface area contributed by atoms with Crippen molar-refractivity contribution in [3.63, 3.8) is 0 Å². The zero-order valence-electron chi connectivity index (χ0n) is 12.4. The summed E-state index contributed by atoms with van der Waals surface area (Å²) in [4.78, 5) is 11.4. The van der Waals surface area contributed by atoms with Gasteiger partial charge in [-0.15, -0.1) is 12.4 Å². The first-order chi connectivity index (χ1) is 10.1. The van der Waals surface area contributed by atoms with Crippen molar-refractivity contribution in [3.8, 4) is 5.75 Å². The first-order valence-electron chi connectivity index (χ1n) is 6.70. The molecule has 2 aromatic carbocycles. The highest BCUT2D eigenvalue weighted by molar-refractivity contribution is 5.85. The molecule has 0 bridgehead atoms. The lowest BCUT2D eigenvalue weighted by Gasteiger charge is -2.16. The number of alkyl halides is 1. The molecule has 0 radical (unpaired) electrons. The van der Waals surface area contributed by atoms with Crippen LogP contribution in [0, 0.1) is 0 Å². The third-order valence-electron chi connectivity index (χ3n) is 3.28. The van der Waals surface area contributed by atoms with Crippen LogP contribution in [0.15, 0.2) is 36.4 Å². The van der Waals surface area contributed by atoms with Crippen LogP contribution in [0.3, 0.4) is 0 Å². The van der Waals surface area contributed by atoms with Crippen LogP contribution in [0.5, 0.6) is 5.75 Å². The van der Waals surface area contributed by atoms with Crippen molar-refractivity contribution < 1.29 is 18.7 Å². The monoisotopic (exact) mass is 327 g/mol. The molecule has 0 saturated heterocycles. The van der Waals surface area contributed by atoms with Crippen molar-refractivity contribution in [1.29, 1.82) is 0 Å². The molecule has 2 aromatic rings. The first-order valence-corrected chi connectivity index (χ1v) is 6.70. The van der Waals surface area contributed by atoms with E-state index in [1.165, 1.54) is 0 Å². The topological polar surface area (TPSA) is 61.5 Å². The molecule has 22 heavy (non-hydrogen) atoms. The Morgan fingerprint density at radius 3 is 2.50 bits per heavy atom. The van der Waals surface area contributed by atoms with Gasteiger partial charge >= 0.3 is 5.97 Å². The molecule has 0 heterocycles. The van der Waals surface area contributed by atoms with Crippen LogP contribution in [-0.4, -0.2) is 25.9 Å². The molecule has 0 aliphatic carbocycles. The van der Waals surface area contributed by atoms with Crippen molar-refractivity contribution in [2.75, 3.05) is 13.7 Å². The van der Waals surface area contributed by atoms with E-state index in [2.05, 4.69) is 4.74 Å². The molecule has 120 valence electrons. The van der Waals surface area contributed by atoms with E-state index < -0.39 is 18.2 Å². The minimum atomic E-state index is -1.87. The van der Waals surface area contributed by atoms with E-state index >= 15 is 0 Å². The quantitative estimate of drug-likeness (QED) is 0.857. The summed E-state index contributed by atoms with van der Waals surface area (Å²) in [5.74, 6) is -0.186. The Kier molecular flexibility index (Phi) is 6.59. The molecule has 0 saturated carbocycles. The summed E-state index contributed by atoms with van der Waals surface area (Å²) in [6, 6.07) is 9.81. The number of rotatable bonds is 5. The number of hydrogen-bond donors (Lipinski definition) is 1. The average Bonchev–Trinajstić information content (AvgIpc) is 2.52. The molecule has 0 aliphatic rings. The van der Waals surface area contributed by atoms with E-state index in [4.69, 9.17) is 10.5 Å². The number of benzene rings is 2. The minimum Gasteiger partial charge on any atom is -0.497 e. The van der Waals surface area contributed by atoms with Gasteiger partial charge in [0.1, 0.15) is 5.75 Å². The summed E-state index contributed by atoms with van der Waals surface area (Å²) in [5.41, 5.74) is 6.37. The number of methoxy groups -OCH3 is 1. The third kappa shape index (κ3) is 3.87. The fraction of sp³-hybridized carbons (Fsp3) is 0.312. The van der Waals surface area contributed by atoms with E-state index in [1.54, 1.807) is 26.2 Å². The Morgan fingerprint density at radius 2 is 1.86 bits per heavy atom. The molecule has 2 N–H and O–H groups in total. The maximum Gasteiger partial charge on any atom is 0.342 e. The number of carbonyl (C=O) groups is 1. The maximum atomic E-state index is 14.0. The molecular weight excluding hydrogens is 309 g/mol. The normalized spacial score (nSPS) is 13.1. The van der Waals surface area contributed by atoms with Crippen molar-refractivity contribution in [1.82, 2.24) is 0 Å². The summed E-state index contributed by atoms with van der Waals surface area (Å²) in [6.07, 6.45) is -1.87. The average molecular weight is 328 g/mol. The number of ether oxygens (including phenoxy) is 2. The number of halogens is 2. The van der Waals surface area contributed by atoms with Crippen LogP contribution < -0.4 is 10.5 Å². The van der Waals surface area contributed by atoms with Crippen LogP contribution in [-0.2, 0) is 9.53 Å². The Bertz CT molecular complexity index is 650. The molecule has 0 spiro atoms. The number of fused-ring (bicyclic) bond motifs is 1. The van der Waals surface area contributed by atoms with Crippen molar-refractivity contribution in [3.05, 3.63) is 42.0 Å². The van der Waals surface area contributed by atoms with Gasteiger partial charge in [0.15, 0.2) is 0 Å². The van der Waals surface area contributed by atoms with Gasteiger partial charge in [0.25, 0.3) is 0 Å². The third-order valence-corrected chi connectivity index (χ3v) is 3.28. The second-order valence-electron chi connectivity index (χ2n) is 4.65. The highest BCUT2D eigenvalue weighted by Crippen LogP contribution is 2.25. The smallest absolute Gasteiger partial charge is 0.342 e. The second kappa shape index (κ2) is 7.96. The van der Waals surface area contributed by atoms with Crippen molar-refractivity contribution in [2.24, 2.45) is 5.73 Å². The summed E-state index contributed by atoms with van der Waals surface area (Å²) < 4.78 is 23.8. The van der Waals surface area contributed by atoms with Gasteiger partial charge in [-0.25, -0.2) is 9.18 Å². The zero-order valence-corrected chi connectivity index (χ0v) is 13.2. The van der Waals surface area contributed by atoms with Gasteiger partial charge in [-0.2, -0.15) is 0 Å². The van der Waals surface area contributed by atoms with Gasteiger partial charge in [-0.1, -0.05) is 18.2 Å². The molecule has 0 aliphatic heterocycles. The van der Waals surface area contributed by atoms with Gasteiger partial charge < -0.3 is 15.2 Å². The van der Waals surface area contributed by atoms with Gasteiger partial charge in [0.2, 0.25) is 6.17 Å². The van der Waals surface area contributed by atoms with Crippen LogP contribution in [0.1, 0.15) is 18.5 Å². The number of hydrogen-bond acceptors (Lipinski definition) is 4. The zero-order chi connectivity index (χ0) is 15.4. The second-order valence-corrected chi connectivity index (χ2v) is 4.65. The number of carbonyl (C=O) groups excluding carboxylic acids is 1. The fourth-order valence-electron chi connectivity index (χ4n) is 2.11. The molecule has 0 fully saturated rings. The summed E-state index contributed by atoms with van der Waals surface area (Å²) >= 11 is 0. The highest BCUT2D eigenvalue weighted by Gasteiger charge is 2.27. The lowest BCUT2D eigenvalue weighted by atomic mass is 9.99. The summed E-state index contributed by atoms with van der Waals surface area (Å²) in [6.45, 7) is 1.75. The molecular formula is C16H19ClFNO3. The largest absolute Gasteiger partial charge is 0.497 e. The minimum absolute atomic E-state index is 0. The summed E-state index contributed by atoms with van der Waals surface area (Å²) in [7, 11) is 1.60. The molecule has 2 atom stereocenters. The van der Waals surface area contributed by atoms with Crippen LogP contribution >= 0.6 is 12.4 Å². The van der Waals surface area contributed by atoms with E-state index in [0.717, 1.165) is 16.5 Å². The van der Waals surface area contributed by atoms with Crippen LogP contribution in [0.25, 0.3) is 10.8 Å². The Labute approximate surface area is 134 Å². The molecule has 6 heteroatoms. The number of esters is 1. The molecule has 0 aromatic heterocycles. The van der Waals surface area contributed by atoms with Gasteiger partial charge in [0, 0.05) is 0 Å². The molecule has 1 unspecified atom stereocenters. The van der Waals surface area contributed by atoms with Gasteiger partial charge in [-0.05, 0) is 41.5 Å². The Hall–Kier alpha value is -1.85. The first kappa shape index (κ1) is 18.2. The van der Waals surface area contributed by atoms with E-state index in [1.807, 2.05) is 24.3 Å². The number of nitrogens with two attached hydrogens (primary N) is 1. The standard InChI is InChI=1S/C16H18FNO3.ClH/c1-3-21-16(19)14(17)15(18)12-5-4-11-9-13(20-2)7-6-10(11)8-12;/h4-9,14-15H,3,18H2,1-2H3;1H/t14?,15-;/m0./s1. The summed E-state index contributed by atoms with van der Waals surface area (Å²) in [5, 5.41) is 1.86. The lowest BCUT2D eigenvalue weighted by Crippen LogP contribution is -2.31. The van der Waals surface area contributed by atoms with E-state index in [0.29, 0.717) is 5.56 Å². The lowest BCUT2D eigenvalue weighted by molar-refractivity contribution is -0.149. The van der Waals surface area contributed by atoms with Crippen molar-refractivity contribution in [2.45, 2.75) is 19.1 Å². The van der Waals surface area contributed by atoms with Crippen molar-refractivity contribution >= 4 is 29.1 Å². The SMILES string of the molecule is CCOC(=O)C(F)[C@@H](N)c1ccc2cc(OC)ccc2c1.Cl.